The number of aliphatic hydroxyl groups is 1. The number of ether oxygens (including phenoxy) is 1. The fourth-order valence-electron chi connectivity index (χ4n) is 2.88. The number of nitrogens with zero attached hydrogens (tertiary/aromatic N) is 1. The molecule has 2 rings (SSSR count). The third kappa shape index (κ3) is 3.53. The third-order valence-corrected chi connectivity index (χ3v) is 4.62. The van der Waals surface area contributed by atoms with Crippen molar-refractivity contribution in [2.75, 3.05) is 13.2 Å². The molecule has 6 heteroatoms. The molecule has 0 spiro atoms. The van der Waals surface area contributed by atoms with E-state index in [0.717, 1.165) is 16.0 Å². The van der Waals surface area contributed by atoms with Gasteiger partial charge in [-0.15, -0.1) is 0 Å². The van der Waals surface area contributed by atoms with E-state index in [2.05, 4.69) is 5.32 Å². The van der Waals surface area contributed by atoms with Crippen molar-refractivity contribution in [1.82, 2.24) is 10.2 Å². The van der Waals surface area contributed by atoms with Gasteiger partial charge in [0, 0.05) is 0 Å². The van der Waals surface area contributed by atoms with Gasteiger partial charge in [0.15, 0.2) is 0 Å². The minimum Gasteiger partial charge on any atom is -0.491 e. The molecule has 1 aliphatic heterocycles. The lowest BCUT2D eigenvalue weighted by atomic mass is 9.93. The Morgan fingerprint density at radius 1 is 1.25 bits per heavy atom. The van der Waals surface area contributed by atoms with Crippen LogP contribution in [0, 0.1) is 13.8 Å². The van der Waals surface area contributed by atoms with Crippen molar-refractivity contribution in [3.63, 3.8) is 0 Å². The highest BCUT2D eigenvalue weighted by atomic mass is 16.5. The van der Waals surface area contributed by atoms with Gasteiger partial charge in [-0.3, -0.25) is 9.69 Å². The van der Waals surface area contributed by atoms with E-state index in [0.29, 0.717) is 18.6 Å². The van der Waals surface area contributed by atoms with Crippen LogP contribution in [0.1, 0.15) is 37.8 Å². The second-order valence-electron chi connectivity index (χ2n) is 6.37. The Hall–Kier alpha value is -2.08. The zero-order valence-corrected chi connectivity index (χ0v) is 14.8. The van der Waals surface area contributed by atoms with Crippen molar-refractivity contribution in [3.05, 3.63) is 29.3 Å². The third-order valence-electron chi connectivity index (χ3n) is 4.62. The number of β-amino-alcohol motifs (C(OH)–C–C–N with tert-alkyl or cyclic N) is 1. The highest BCUT2D eigenvalue weighted by Gasteiger charge is 2.48. The first-order chi connectivity index (χ1) is 11.3. The van der Waals surface area contributed by atoms with E-state index in [1.165, 1.54) is 0 Å². The Morgan fingerprint density at radius 3 is 2.50 bits per heavy atom. The molecular formula is C18H26N2O4. The molecular weight excluding hydrogens is 308 g/mol. The maximum absolute atomic E-state index is 12.5. The number of imide groups is 1. The minimum absolute atomic E-state index is 0.0204. The van der Waals surface area contributed by atoms with Crippen molar-refractivity contribution in [3.8, 4) is 5.75 Å². The molecule has 24 heavy (non-hydrogen) atoms. The van der Waals surface area contributed by atoms with Crippen LogP contribution in [0.2, 0.25) is 0 Å². The first-order valence-electron chi connectivity index (χ1n) is 8.35. The molecule has 1 saturated heterocycles. The van der Waals surface area contributed by atoms with Crippen molar-refractivity contribution >= 4 is 11.9 Å². The monoisotopic (exact) mass is 334 g/mol. The summed E-state index contributed by atoms with van der Waals surface area (Å²) >= 11 is 0. The van der Waals surface area contributed by atoms with Gasteiger partial charge >= 0.3 is 6.03 Å². The molecule has 1 fully saturated rings. The van der Waals surface area contributed by atoms with E-state index in [4.69, 9.17) is 4.74 Å². The second-order valence-corrected chi connectivity index (χ2v) is 6.37. The number of carbonyl (C=O) groups excluding carboxylic acids is 2. The van der Waals surface area contributed by atoms with Crippen LogP contribution in [0.4, 0.5) is 4.79 Å². The number of amides is 3. The first kappa shape index (κ1) is 18.3. The van der Waals surface area contributed by atoms with Crippen molar-refractivity contribution in [2.24, 2.45) is 0 Å². The van der Waals surface area contributed by atoms with E-state index < -0.39 is 17.7 Å². The molecule has 2 N–H and O–H groups in total. The number of rotatable bonds is 7. The summed E-state index contributed by atoms with van der Waals surface area (Å²) < 4.78 is 5.65. The molecule has 0 saturated carbocycles. The SMILES string of the molecule is CCC1(CC)NC(=O)N(C[C@H](O)COc2cc(C)ccc2C)C1=O. The highest BCUT2D eigenvalue weighted by Crippen LogP contribution is 2.25. The highest BCUT2D eigenvalue weighted by molar-refractivity contribution is 6.07. The summed E-state index contributed by atoms with van der Waals surface area (Å²) in [4.78, 5) is 25.7. The van der Waals surface area contributed by atoms with Crippen molar-refractivity contribution < 1.29 is 19.4 Å². The van der Waals surface area contributed by atoms with Gasteiger partial charge in [0.25, 0.3) is 5.91 Å². The van der Waals surface area contributed by atoms with E-state index >= 15 is 0 Å². The van der Waals surface area contributed by atoms with Gasteiger partial charge in [-0.2, -0.15) is 0 Å². The average molecular weight is 334 g/mol. The Morgan fingerprint density at radius 2 is 1.92 bits per heavy atom. The molecule has 1 atom stereocenters. The summed E-state index contributed by atoms with van der Waals surface area (Å²) in [5.41, 5.74) is 1.19. The quantitative estimate of drug-likeness (QED) is 0.749. The molecule has 1 aromatic rings. The number of hydrogen-bond acceptors (Lipinski definition) is 4. The average Bonchev–Trinajstić information content (AvgIpc) is 2.80. The number of nitrogens with one attached hydrogen (secondary N) is 1. The molecule has 1 aliphatic rings. The van der Waals surface area contributed by atoms with Crippen LogP contribution in [0.5, 0.6) is 5.75 Å². The summed E-state index contributed by atoms with van der Waals surface area (Å²) in [5, 5.41) is 12.9. The Bertz CT molecular complexity index is 625. The minimum atomic E-state index is -0.941. The Balaban J connectivity index is 1.97. The Kier molecular flexibility index (Phi) is 5.49. The lowest BCUT2D eigenvalue weighted by Crippen LogP contribution is -2.46. The van der Waals surface area contributed by atoms with E-state index in [1.54, 1.807) is 0 Å². The molecule has 132 valence electrons. The molecule has 0 unspecified atom stereocenters. The number of aryl methyl sites for hydroxylation is 2. The van der Waals surface area contributed by atoms with Crippen LogP contribution in [-0.4, -0.2) is 46.7 Å². The number of aliphatic hydroxyl groups excluding tert-OH is 1. The van der Waals surface area contributed by atoms with Crippen LogP contribution in [0.25, 0.3) is 0 Å². The fourth-order valence-corrected chi connectivity index (χ4v) is 2.88. The molecule has 0 aromatic heterocycles. The fraction of sp³-hybridized carbons (Fsp3) is 0.556. The van der Waals surface area contributed by atoms with Gasteiger partial charge in [-0.25, -0.2) is 4.79 Å². The summed E-state index contributed by atoms with van der Waals surface area (Å²) in [5.74, 6) is 0.422. The summed E-state index contributed by atoms with van der Waals surface area (Å²) in [6.07, 6.45) is 0.114. The van der Waals surface area contributed by atoms with Gasteiger partial charge in [-0.1, -0.05) is 26.0 Å². The largest absolute Gasteiger partial charge is 0.491 e. The molecule has 0 radical (unpaired) electrons. The predicted octanol–water partition coefficient (Wildman–Crippen LogP) is 2.15. The topological polar surface area (TPSA) is 78.9 Å². The number of carbonyl (C=O) groups is 2. The normalized spacial score (nSPS) is 17.8. The maximum atomic E-state index is 12.5. The molecule has 1 aromatic carbocycles. The lowest BCUT2D eigenvalue weighted by molar-refractivity contribution is -0.132. The van der Waals surface area contributed by atoms with Crippen molar-refractivity contribution in [2.45, 2.75) is 52.2 Å². The molecule has 1 heterocycles. The zero-order valence-electron chi connectivity index (χ0n) is 14.8. The van der Waals surface area contributed by atoms with E-state index in [1.807, 2.05) is 45.9 Å². The standard InChI is InChI=1S/C18H26N2O4/c1-5-18(6-2)16(22)20(17(23)19-18)10-14(21)11-24-15-9-12(3)7-8-13(15)4/h7-9,14,21H,5-6,10-11H2,1-4H3,(H,19,23)/t14-/m0/s1. The summed E-state index contributed by atoms with van der Waals surface area (Å²) in [7, 11) is 0. The van der Waals surface area contributed by atoms with Gasteiger partial charge in [-0.05, 0) is 43.9 Å². The predicted molar refractivity (Wildman–Crippen MR) is 91.0 cm³/mol. The van der Waals surface area contributed by atoms with Crippen LogP contribution < -0.4 is 10.1 Å². The number of urea groups is 1. The maximum Gasteiger partial charge on any atom is 0.325 e. The van der Waals surface area contributed by atoms with E-state index in [-0.39, 0.29) is 19.1 Å². The summed E-state index contributed by atoms with van der Waals surface area (Å²) in [6, 6.07) is 5.39. The zero-order chi connectivity index (χ0) is 17.9. The van der Waals surface area contributed by atoms with Crippen LogP contribution >= 0.6 is 0 Å². The number of hydrogen-bond donors (Lipinski definition) is 2. The second kappa shape index (κ2) is 7.21. The Labute approximate surface area is 142 Å². The van der Waals surface area contributed by atoms with Gasteiger partial charge in [0.05, 0.1) is 6.54 Å². The summed E-state index contributed by atoms with van der Waals surface area (Å²) in [6.45, 7) is 7.57. The molecule has 0 bridgehead atoms. The van der Waals surface area contributed by atoms with Gasteiger partial charge in [0.2, 0.25) is 0 Å². The molecule has 6 nitrogen and oxygen atoms in total. The number of benzene rings is 1. The van der Waals surface area contributed by atoms with Crippen LogP contribution in [0.15, 0.2) is 18.2 Å². The van der Waals surface area contributed by atoms with E-state index in [9.17, 15) is 14.7 Å². The first-order valence-corrected chi connectivity index (χ1v) is 8.35. The lowest BCUT2D eigenvalue weighted by Gasteiger charge is -2.24. The molecule has 3 amide bonds. The van der Waals surface area contributed by atoms with Gasteiger partial charge in [0.1, 0.15) is 24.0 Å². The molecule has 0 aliphatic carbocycles. The van der Waals surface area contributed by atoms with Gasteiger partial charge < -0.3 is 15.2 Å². The van der Waals surface area contributed by atoms with Crippen LogP contribution in [-0.2, 0) is 4.79 Å². The smallest absolute Gasteiger partial charge is 0.325 e. The van der Waals surface area contributed by atoms with Crippen LogP contribution in [0.3, 0.4) is 0 Å². The van der Waals surface area contributed by atoms with Crippen molar-refractivity contribution in [1.29, 1.82) is 0 Å².